The summed E-state index contributed by atoms with van der Waals surface area (Å²) in [5, 5.41) is 0. The molecule has 0 radical (unpaired) electrons. The number of rotatable bonds is 4. The summed E-state index contributed by atoms with van der Waals surface area (Å²) in [5.41, 5.74) is -0.675. The lowest BCUT2D eigenvalue weighted by Gasteiger charge is -2.38. The highest BCUT2D eigenvalue weighted by Gasteiger charge is 2.52. The van der Waals surface area contributed by atoms with Crippen molar-refractivity contribution in [3.8, 4) is 0 Å². The molecule has 7 heteroatoms. The van der Waals surface area contributed by atoms with Crippen LogP contribution in [0.2, 0.25) is 0 Å². The van der Waals surface area contributed by atoms with E-state index in [0.717, 1.165) is 6.29 Å². The summed E-state index contributed by atoms with van der Waals surface area (Å²) >= 11 is 1.38. The van der Waals surface area contributed by atoms with Crippen LogP contribution in [0.3, 0.4) is 0 Å². The number of hydrogen-bond acceptors (Lipinski definition) is 6. The Morgan fingerprint density at radius 3 is 2.48 bits per heavy atom. The predicted molar refractivity (Wildman–Crippen MR) is 80.0 cm³/mol. The first-order valence-electron chi connectivity index (χ1n) is 6.79. The van der Waals surface area contributed by atoms with E-state index in [0.29, 0.717) is 12.8 Å². The smallest absolute Gasteiger partial charge is 0.412 e. The van der Waals surface area contributed by atoms with Crippen molar-refractivity contribution in [1.29, 1.82) is 0 Å². The van der Waals surface area contributed by atoms with Crippen LogP contribution in [0.25, 0.3) is 0 Å². The first-order chi connectivity index (χ1) is 9.70. The molecule has 0 bridgehead atoms. The molecule has 6 nitrogen and oxygen atoms in total. The summed E-state index contributed by atoms with van der Waals surface area (Å²) in [6, 6.07) is -0.711. The van der Waals surface area contributed by atoms with Crippen LogP contribution in [-0.4, -0.2) is 53.1 Å². The van der Waals surface area contributed by atoms with Crippen LogP contribution >= 0.6 is 11.8 Å². The van der Waals surface area contributed by atoms with Crippen molar-refractivity contribution >= 4 is 30.1 Å². The highest BCUT2D eigenvalue weighted by atomic mass is 32.2. The molecule has 0 aromatic carbocycles. The van der Waals surface area contributed by atoms with Crippen molar-refractivity contribution in [2.24, 2.45) is 0 Å². The van der Waals surface area contributed by atoms with E-state index in [1.807, 2.05) is 6.26 Å². The molecule has 1 amide bonds. The van der Waals surface area contributed by atoms with Crippen molar-refractivity contribution < 1.29 is 23.9 Å². The van der Waals surface area contributed by atoms with Crippen molar-refractivity contribution in [3.05, 3.63) is 0 Å². The van der Waals surface area contributed by atoms with Gasteiger partial charge in [0.1, 0.15) is 17.9 Å². The van der Waals surface area contributed by atoms with Gasteiger partial charge in [-0.05, 0) is 39.9 Å². The van der Waals surface area contributed by atoms with Gasteiger partial charge in [-0.25, -0.2) is 9.59 Å². The number of nitrogens with zero attached hydrogens (tertiary/aromatic N) is 1. The van der Waals surface area contributed by atoms with Gasteiger partial charge in [0, 0.05) is 6.42 Å². The highest BCUT2D eigenvalue weighted by molar-refractivity contribution is 8.00. The van der Waals surface area contributed by atoms with Crippen LogP contribution < -0.4 is 0 Å². The van der Waals surface area contributed by atoms with Gasteiger partial charge in [0.2, 0.25) is 0 Å². The fourth-order valence-corrected chi connectivity index (χ4v) is 3.43. The number of methoxy groups -OCH3 is 1. The molecule has 1 unspecified atom stereocenters. The molecule has 1 aliphatic heterocycles. The van der Waals surface area contributed by atoms with Gasteiger partial charge in [0.25, 0.3) is 0 Å². The van der Waals surface area contributed by atoms with Crippen LogP contribution in [0.1, 0.15) is 40.0 Å². The largest absolute Gasteiger partial charge is 0.467 e. The molecule has 1 aliphatic rings. The second-order valence-electron chi connectivity index (χ2n) is 5.95. The Balaban J connectivity index is 3.14. The molecule has 0 aromatic heterocycles. The van der Waals surface area contributed by atoms with Crippen LogP contribution in [0.5, 0.6) is 0 Å². The van der Waals surface area contributed by atoms with Crippen LogP contribution in [0, 0.1) is 0 Å². The maximum Gasteiger partial charge on any atom is 0.412 e. The molecule has 0 N–H and O–H groups in total. The zero-order valence-electron chi connectivity index (χ0n) is 13.2. The van der Waals surface area contributed by atoms with Gasteiger partial charge in [0.05, 0.1) is 12.0 Å². The SMILES string of the molecule is COC(=O)[C@H]1CCC(CC=O)(SC)N1C(=O)OC(C)(C)C. The lowest BCUT2D eigenvalue weighted by atomic mass is 10.1. The molecule has 1 saturated heterocycles. The number of esters is 1. The number of carbonyl (C=O) groups is 3. The topological polar surface area (TPSA) is 72.9 Å². The first kappa shape index (κ1) is 17.8. The van der Waals surface area contributed by atoms with Gasteiger partial charge in [-0.3, -0.25) is 4.90 Å². The number of amides is 1. The van der Waals surface area contributed by atoms with E-state index in [1.165, 1.54) is 23.8 Å². The second kappa shape index (κ2) is 6.68. The third-order valence-electron chi connectivity index (χ3n) is 3.40. The molecular weight excluding hydrogens is 294 g/mol. The van der Waals surface area contributed by atoms with E-state index in [-0.39, 0.29) is 6.42 Å². The summed E-state index contributed by atoms with van der Waals surface area (Å²) in [6.07, 6.45) is 3.16. The van der Waals surface area contributed by atoms with Crippen LogP contribution in [0.15, 0.2) is 0 Å². The number of likely N-dealkylation sites (tertiary alicyclic amines) is 1. The van der Waals surface area contributed by atoms with Crippen molar-refractivity contribution in [2.45, 2.75) is 56.5 Å². The van der Waals surface area contributed by atoms with Gasteiger partial charge in [-0.1, -0.05) is 0 Å². The molecule has 0 spiro atoms. The van der Waals surface area contributed by atoms with Crippen LogP contribution in [-0.2, 0) is 19.1 Å². The average Bonchev–Trinajstić information content (AvgIpc) is 2.76. The average molecular weight is 317 g/mol. The predicted octanol–water partition coefficient (Wildman–Crippen LogP) is 2.21. The molecule has 21 heavy (non-hydrogen) atoms. The number of thioether (sulfide) groups is 1. The minimum atomic E-state index is -0.747. The molecule has 1 fully saturated rings. The molecule has 0 aromatic rings. The van der Waals surface area contributed by atoms with Gasteiger partial charge >= 0.3 is 12.1 Å². The maximum atomic E-state index is 12.5. The van der Waals surface area contributed by atoms with E-state index >= 15 is 0 Å². The van der Waals surface area contributed by atoms with E-state index in [4.69, 9.17) is 9.47 Å². The Hall–Kier alpha value is -1.24. The highest BCUT2D eigenvalue weighted by Crippen LogP contribution is 2.44. The summed E-state index contributed by atoms with van der Waals surface area (Å²) in [5.74, 6) is -0.484. The number of carbonyl (C=O) groups excluding carboxylic acids is 3. The van der Waals surface area contributed by atoms with Gasteiger partial charge in [0.15, 0.2) is 0 Å². The lowest BCUT2D eigenvalue weighted by Crippen LogP contribution is -2.53. The van der Waals surface area contributed by atoms with E-state index in [1.54, 1.807) is 20.8 Å². The van der Waals surface area contributed by atoms with Gasteiger partial charge < -0.3 is 14.3 Å². The van der Waals surface area contributed by atoms with Crippen molar-refractivity contribution in [2.75, 3.05) is 13.4 Å². The number of ether oxygens (including phenoxy) is 2. The summed E-state index contributed by atoms with van der Waals surface area (Å²) in [7, 11) is 1.29. The summed E-state index contributed by atoms with van der Waals surface area (Å²) in [6.45, 7) is 5.28. The summed E-state index contributed by atoms with van der Waals surface area (Å²) < 4.78 is 10.2. The molecule has 0 aliphatic carbocycles. The van der Waals surface area contributed by atoms with E-state index in [9.17, 15) is 14.4 Å². The molecule has 1 rings (SSSR count). The van der Waals surface area contributed by atoms with E-state index in [2.05, 4.69) is 0 Å². The zero-order chi connectivity index (χ0) is 16.3. The molecule has 120 valence electrons. The summed E-state index contributed by atoms with van der Waals surface area (Å²) in [4.78, 5) is 36.1. The Morgan fingerprint density at radius 2 is 2.05 bits per heavy atom. The third-order valence-corrected chi connectivity index (χ3v) is 4.73. The first-order valence-corrected chi connectivity index (χ1v) is 8.02. The normalized spacial score (nSPS) is 25.6. The molecule has 1 heterocycles. The number of aldehydes is 1. The van der Waals surface area contributed by atoms with Crippen molar-refractivity contribution in [3.63, 3.8) is 0 Å². The quantitative estimate of drug-likeness (QED) is 0.585. The van der Waals surface area contributed by atoms with Gasteiger partial charge in [-0.2, -0.15) is 0 Å². The fourth-order valence-electron chi connectivity index (χ4n) is 2.47. The lowest BCUT2D eigenvalue weighted by molar-refractivity contribution is -0.146. The fraction of sp³-hybridized carbons (Fsp3) is 0.786. The Morgan fingerprint density at radius 1 is 1.43 bits per heavy atom. The Labute approximate surface area is 129 Å². The van der Waals surface area contributed by atoms with E-state index < -0.39 is 28.6 Å². The van der Waals surface area contributed by atoms with Crippen molar-refractivity contribution in [1.82, 2.24) is 4.90 Å². The number of hydrogen-bond donors (Lipinski definition) is 0. The molecular formula is C14H23NO5S. The van der Waals surface area contributed by atoms with Gasteiger partial charge in [-0.15, -0.1) is 11.8 Å². The zero-order valence-corrected chi connectivity index (χ0v) is 14.0. The second-order valence-corrected chi connectivity index (χ2v) is 7.12. The third kappa shape index (κ3) is 3.90. The Kier molecular flexibility index (Phi) is 5.67. The minimum Gasteiger partial charge on any atom is -0.467 e. The molecule has 0 saturated carbocycles. The Bertz CT molecular complexity index is 420. The monoisotopic (exact) mass is 317 g/mol. The molecule has 2 atom stereocenters. The minimum absolute atomic E-state index is 0.154. The maximum absolute atomic E-state index is 12.5. The standard InChI is InChI=1S/C14H23NO5S/c1-13(2,3)20-12(18)15-10(11(17)19-4)6-7-14(15,21-5)8-9-16/h9-10H,6-8H2,1-5H3/t10-,14?/m1/s1. The van der Waals surface area contributed by atoms with Crippen LogP contribution in [0.4, 0.5) is 4.79 Å².